The van der Waals surface area contributed by atoms with Crippen LogP contribution >= 0.6 is 0 Å². The van der Waals surface area contributed by atoms with Crippen molar-refractivity contribution >= 4 is 6.09 Å². The largest absolute Gasteiger partial charge is 0.444 e. The Morgan fingerprint density at radius 3 is 2.57 bits per heavy atom. The van der Waals surface area contributed by atoms with Crippen molar-refractivity contribution in [2.75, 3.05) is 19.6 Å². The molecule has 3 heterocycles. The highest BCUT2D eigenvalue weighted by atomic mass is 19.1. The number of ether oxygens (including phenoxy) is 1. The summed E-state index contributed by atoms with van der Waals surface area (Å²) in [6.45, 7) is 9.43. The smallest absolute Gasteiger partial charge is 0.410 e. The molecule has 3 N–H and O–H groups in total. The van der Waals surface area contributed by atoms with Crippen LogP contribution < -0.4 is 11.1 Å². The number of nitrogens with one attached hydrogen (secondary N) is 1. The van der Waals surface area contributed by atoms with Crippen LogP contribution in [0.2, 0.25) is 0 Å². The number of hydrogen-bond acceptors (Lipinski definition) is 6. The number of nitrogens with zero attached hydrogens (tertiary/aromatic N) is 4. The van der Waals surface area contributed by atoms with Gasteiger partial charge in [0.25, 0.3) is 0 Å². The lowest BCUT2D eigenvalue weighted by molar-refractivity contribution is 0.0167. The van der Waals surface area contributed by atoms with Crippen LogP contribution in [0.1, 0.15) is 52.1 Å². The number of aromatic nitrogens is 3. The van der Waals surface area contributed by atoms with Crippen LogP contribution in [0.25, 0.3) is 5.82 Å². The lowest BCUT2D eigenvalue weighted by Crippen LogP contribution is -2.57. The van der Waals surface area contributed by atoms with E-state index in [4.69, 9.17) is 10.5 Å². The van der Waals surface area contributed by atoms with Crippen LogP contribution in [0, 0.1) is 5.82 Å². The van der Waals surface area contributed by atoms with Crippen LogP contribution in [-0.2, 0) is 4.74 Å². The van der Waals surface area contributed by atoms with Crippen molar-refractivity contribution in [1.82, 2.24) is 25.0 Å². The van der Waals surface area contributed by atoms with Gasteiger partial charge in [-0.05, 0) is 52.2 Å². The molecule has 0 aromatic carbocycles. The summed E-state index contributed by atoms with van der Waals surface area (Å²) in [6, 6.07) is 3.79. The molecule has 1 aliphatic heterocycles. The molecule has 8 nitrogen and oxygen atoms in total. The lowest BCUT2D eigenvalue weighted by Gasteiger charge is -2.40. The molecule has 3 rings (SSSR count). The normalized spacial score (nSPS) is 17.6. The van der Waals surface area contributed by atoms with Gasteiger partial charge in [-0.25, -0.2) is 18.9 Å². The summed E-state index contributed by atoms with van der Waals surface area (Å²) in [5, 5.41) is 7.39. The van der Waals surface area contributed by atoms with Gasteiger partial charge in [-0.2, -0.15) is 5.10 Å². The van der Waals surface area contributed by atoms with E-state index >= 15 is 0 Å². The number of amides is 1. The highest BCUT2D eigenvalue weighted by molar-refractivity contribution is 5.68. The van der Waals surface area contributed by atoms with Crippen molar-refractivity contribution in [3.63, 3.8) is 0 Å². The molecule has 0 radical (unpaired) electrons. The summed E-state index contributed by atoms with van der Waals surface area (Å²) >= 11 is 0. The highest BCUT2D eigenvalue weighted by Gasteiger charge is 2.34. The molecule has 0 spiro atoms. The second kappa shape index (κ2) is 8.69. The second-order valence-corrected chi connectivity index (χ2v) is 8.99. The SMILES string of the molecule is CC(NCC1(N)CCN(C(=O)OC(C)(C)C)CC1)c1ccc(-n2cc(F)cn2)nc1. The molecule has 9 heteroatoms. The zero-order valence-corrected chi connectivity index (χ0v) is 18.1. The van der Waals surface area contributed by atoms with Crippen molar-refractivity contribution in [3.8, 4) is 5.82 Å². The maximum atomic E-state index is 13.1. The van der Waals surface area contributed by atoms with Crippen molar-refractivity contribution in [2.24, 2.45) is 5.73 Å². The minimum absolute atomic E-state index is 0.0465. The van der Waals surface area contributed by atoms with E-state index in [1.807, 2.05) is 33.8 Å². The number of halogens is 1. The van der Waals surface area contributed by atoms with E-state index in [1.54, 1.807) is 17.2 Å². The molecule has 0 aliphatic carbocycles. The Morgan fingerprint density at radius 1 is 1.33 bits per heavy atom. The van der Waals surface area contributed by atoms with Gasteiger partial charge in [0.15, 0.2) is 11.6 Å². The van der Waals surface area contributed by atoms with Crippen molar-refractivity contribution in [3.05, 3.63) is 42.1 Å². The summed E-state index contributed by atoms with van der Waals surface area (Å²) in [6.07, 6.45) is 5.30. The van der Waals surface area contributed by atoms with Crippen molar-refractivity contribution < 1.29 is 13.9 Å². The summed E-state index contributed by atoms with van der Waals surface area (Å²) < 4.78 is 19.9. The van der Waals surface area contributed by atoms with E-state index < -0.39 is 11.4 Å². The molecule has 164 valence electrons. The fourth-order valence-corrected chi connectivity index (χ4v) is 3.33. The van der Waals surface area contributed by atoms with Gasteiger partial charge in [-0.1, -0.05) is 6.07 Å². The van der Waals surface area contributed by atoms with Gasteiger partial charge >= 0.3 is 6.09 Å². The number of hydrogen-bond donors (Lipinski definition) is 2. The van der Waals surface area contributed by atoms with Gasteiger partial charge in [0.1, 0.15) is 5.60 Å². The summed E-state index contributed by atoms with van der Waals surface area (Å²) in [7, 11) is 0. The molecule has 1 atom stereocenters. The van der Waals surface area contributed by atoms with Gasteiger partial charge in [0.05, 0.1) is 12.4 Å². The molecule has 30 heavy (non-hydrogen) atoms. The predicted molar refractivity (Wildman–Crippen MR) is 112 cm³/mol. The average molecular weight is 419 g/mol. The Balaban J connectivity index is 1.50. The maximum Gasteiger partial charge on any atom is 0.410 e. The van der Waals surface area contributed by atoms with E-state index in [9.17, 15) is 9.18 Å². The molecule has 1 saturated heterocycles. The summed E-state index contributed by atoms with van der Waals surface area (Å²) in [5.74, 6) is 0.154. The Morgan fingerprint density at radius 2 is 2.03 bits per heavy atom. The monoisotopic (exact) mass is 418 g/mol. The third-order valence-electron chi connectivity index (χ3n) is 5.23. The standard InChI is InChI=1S/C21H31FN6O2/c1-15(16-5-6-18(24-11-16)28-13-17(22)12-26-28)25-14-21(23)7-9-27(10-8-21)19(29)30-20(2,3)4/h5-6,11-13,15,25H,7-10,14,23H2,1-4H3. The Kier molecular flexibility index (Phi) is 6.42. The van der Waals surface area contributed by atoms with Gasteiger partial charge in [0.2, 0.25) is 0 Å². The van der Waals surface area contributed by atoms with E-state index in [-0.39, 0.29) is 17.7 Å². The number of nitrogens with two attached hydrogens (primary N) is 1. The molecular formula is C21H31FN6O2. The number of carbonyl (C=O) groups excluding carboxylic acids is 1. The molecule has 0 bridgehead atoms. The summed E-state index contributed by atoms with van der Waals surface area (Å²) in [5.41, 5.74) is 6.69. The molecule has 2 aromatic rings. The number of rotatable bonds is 5. The molecule has 0 saturated carbocycles. The number of carbonyl (C=O) groups is 1. The maximum absolute atomic E-state index is 13.1. The van der Waals surface area contributed by atoms with Gasteiger partial charge < -0.3 is 20.7 Å². The Labute approximate surface area is 176 Å². The number of piperidine rings is 1. The predicted octanol–water partition coefficient (Wildman–Crippen LogP) is 2.79. The third kappa shape index (κ3) is 5.76. The second-order valence-electron chi connectivity index (χ2n) is 8.99. The average Bonchev–Trinajstić information content (AvgIpc) is 3.12. The van der Waals surface area contributed by atoms with Gasteiger partial charge in [0, 0.05) is 37.4 Å². The molecule has 1 amide bonds. The van der Waals surface area contributed by atoms with E-state index in [0.717, 1.165) is 11.8 Å². The first kappa shape index (κ1) is 22.2. The number of pyridine rings is 1. The van der Waals surface area contributed by atoms with Gasteiger partial charge in [-0.15, -0.1) is 0 Å². The van der Waals surface area contributed by atoms with Crippen LogP contribution in [0.4, 0.5) is 9.18 Å². The third-order valence-corrected chi connectivity index (χ3v) is 5.23. The Bertz CT molecular complexity index is 853. The van der Waals surface area contributed by atoms with Crippen molar-refractivity contribution in [1.29, 1.82) is 0 Å². The quantitative estimate of drug-likeness (QED) is 0.775. The van der Waals surface area contributed by atoms with Crippen molar-refractivity contribution in [2.45, 2.75) is 57.7 Å². The van der Waals surface area contributed by atoms with E-state index in [0.29, 0.717) is 38.3 Å². The minimum atomic E-state index is -0.500. The topological polar surface area (TPSA) is 98.3 Å². The highest BCUT2D eigenvalue weighted by Crippen LogP contribution is 2.22. The fraction of sp³-hybridized carbons (Fsp3) is 0.571. The zero-order chi connectivity index (χ0) is 21.9. The molecular weight excluding hydrogens is 387 g/mol. The van der Waals surface area contributed by atoms with Crippen LogP contribution in [0.5, 0.6) is 0 Å². The molecule has 1 fully saturated rings. The van der Waals surface area contributed by atoms with Crippen LogP contribution in [-0.4, -0.2) is 56.5 Å². The first-order valence-corrected chi connectivity index (χ1v) is 10.2. The first-order chi connectivity index (χ1) is 14.0. The molecule has 1 aliphatic rings. The number of likely N-dealkylation sites (tertiary alicyclic amines) is 1. The Hall–Kier alpha value is -2.52. The summed E-state index contributed by atoms with van der Waals surface area (Å²) in [4.78, 5) is 18.3. The van der Waals surface area contributed by atoms with Crippen LogP contribution in [0.15, 0.2) is 30.7 Å². The molecule has 2 aromatic heterocycles. The first-order valence-electron chi connectivity index (χ1n) is 10.2. The van der Waals surface area contributed by atoms with Gasteiger partial charge in [-0.3, -0.25) is 0 Å². The van der Waals surface area contributed by atoms with Crippen LogP contribution in [0.3, 0.4) is 0 Å². The van der Waals surface area contributed by atoms with E-state index in [2.05, 4.69) is 15.4 Å². The fourth-order valence-electron chi connectivity index (χ4n) is 3.33. The molecule has 1 unspecified atom stereocenters. The van der Waals surface area contributed by atoms with E-state index in [1.165, 1.54) is 10.9 Å². The lowest BCUT2D eigenvalue weighted by atomic mass is 9.88. The minimum Gasteiger partial charge on any atom is -0.444 e. The zero-order valence-electron chi connectivity index (χ0n) is 18.1.